The van der Waals surface area contributed by atoms with Gasteiger partial charge in [0.1, 0.15) is 0 Å². The van der Waals surface area contributed by atoms with Crippen LogP contribution in [-0.4, -0.2) is 9.97 Å². The normalized spacial score (nSPS) is 10.9. The highest BCUT2D eigenvalue weighted by Crippen LogP contribution is 2.25. The first kappa shape index (κ1) is 24.8. The molecule has 40 heavy (non-hydrogen) atoms. The maximum atomic E-state index is 4.10. The first-order valence-corrected chi connectivity index (χ1v) is 13.3. The summed E-state index contributed by atoms with van der Waals surface area (Å²) in [6.45, 7) is 0. The number of benzene rings is 6. The van der Waals surface area contributed by atoms with Crippen molar-refractivity contribution in [1.82, 2.24) is 9.97 Å². The van der Waals surface area contributed by atoms with E-state index in [0.717, 1.165) is 11.4 Å². The highest BCUT2D eigenvalue weighted by molar-refractivity contribution is 6.07. The maximum Gasteiger partial charge on any atom is 0.0857 e. The summed E-state index contributed by atoms with van der Waals surface area (Å²) in [5, 5.41) is 13.4. The largest absolute Gasteiger partial charge is 0.355 e. The van der Waals surface area contributed by atoms with Gasteiger partial charge in [0.25, 0.3) is 0 Å². The van der Waals surface area contributed by atoms with Crippen molar-refractivity contribution in [1.29, 1.82) is 0 Å². The fraction of sp³-hybridized carbons (Fsp3) is 0. The third-order valence-corrected chi connectivity index (χ3v) is 6.62. The number of hydrogen-bond acceptors (Lipinski definition) is 2. The van der Waals surface area contributed by atoms with Crippen molar-refractivity contribution < 1.29 is 0 Å². The molecule has 2 N–H and O–H groups in total. The highest BCUT2D eigenvalue weighted by Gasteiger charge is 2.01. The summed E-state index contributed by atoms with van der Waals surface area (Å²) in [4.78, 5) is 6.76. The van der Waals surface area contributed by atoms with Gasteiger partial charge in [0.05, 0.1) is 11.4 Å². The number of aromatic amines is 2. The van der Waals surface area contributed by atoms with Crippen LogP contribution in [0.3, 0.4) is 0 Å². The average Bonchev–Trinajstić information content (AvgIpc) is 3.60. The lowest BCUT2D eigenvalue weighted by Crippen LogP contribution is -1.62. The van der Waals surface area contributed by atoms with E-state index in [1.54, 1.807) is 0 Å². The van der Waals surface area contributed by atoms with Crippen molar-refractivity contribution in [3.63, 3.8) is 0 Å². The summed E-state index contributed by atoms with van der Waals surface area (Å²) in [6, 6.07) is 52.9. The smallest absolute Gasteiger partial charge is 0.0857 e. The van der Waals surface area contributed by atoms with E-state index in [0.29, 0.717) is 0 Å². The Morgan fingerprint density at radius 2 is 0.525 bits per heavy atom. The third-order valence-electron chi connectivity index (χ3n) is 6.62. The molecule has 4 nitrogen and oxygen atoms in total. The molecule has 0 aliphatic rings. The van der Waals surface area contributed by atoms with Crippen LogP contribution in [0.2, 0.25) is 0 Å². The Morgan fingerprint density at radius 1 is 0.275 bits per heavy atom. The molecule has 0 aliphatic heterocycles. The highest BCUT2D eigenvalue weighted by atomic mass is 15.1. The number of nitrogens with one attached hydrogen (secondary N) is 2. The van der Waals surface area contributed by atoms with E-state index >= 15 is 0 Å². The molecule has 192 valence electrons. The molecule has 0 unspecified atom stereocenters. The van der Waals surface area contributed by atoms with Gasteiger partial charge in [-0.05, 0) is 48.5 Å². The zero-order valence-corrected chi connectivity index (χ0v) is 21.9. The molecule has 2 heterocycles. The summed E-state index contributed by atoms with van der Waals surface area (Å²) < 4.78 is 0. The van der Waals surface area contributed by atoms with E-state index in [4.69, 9.17) is 0 Å². The second kappa shape index (κ2) is 11.9. The quantitative estimate of drug-likeness (QED) is 0.215. The van der Waals surface area contributed by atoms with Crippen molar-refractivity contribution in [2.75, 3.05) is 0 Å². The predicted octanol–water partition coefficient (Wildman–Crippen LogP) is 10.7. The summed E-state index contributed by atoms with van der Waals surface area (Å²) in [5.41, 5.74) is 6.59. The number of hydrogen-bond donors (Lipinski definition) is 2. The van der Waals surface area contributed by atoms with Crippen LogP contribution in [0.5, 0.6) is 0 Å². The number of nitrogens with zero attached hydrogens (tertiary/aromatic N) is 2. The molecule has 2 aromatic heterocycles. The Hall–Kier alpha value is -5.48. The third kappa shape index (κ3) is 5.66. The Morgan fingerprint density at radius 3 is 0.825 bits per heavy atom. The minimum Gasteiger partial charge on any atom is -0.355 e. The Bertz CT molecular complexity index is 1750. The monoisotopic (exact) mass is 516 g/mol. The van der Waals surface area contributed by atoms with E-state index in [1.165, 1.54) is 43.6 Å². The van der Waals surface area contributed by atoms with E-state index in [-0.39, 0.29) is 0 Å². The van der Waals surface area contributed by atoms with Gasteiger partial charge in [-0.2, -0.15) is 10.2 Å². The Kier molecular flexibility index (Phi) is 7.40. The molecule has 0 radical (unpaired) electrons. The van der Waals surface area contributed by atoms with Gasteiger partial charge in [-0.15, -0.1) is 0 Å². The number of H-pyrrole nitrogens is 2. The first-order valence-electron chi connectivity index (χ1n) is 13.3. The number of azo groups is 1. The number of fused-ring (bicyclic) bond motifs is 6. The fourth-order valence-electron chi connectivity index (χ4n) is 4.70. The average molecular weight is 517 g/mol. The minimum atomic E-state index is 0.872. The predicted molar refractivity (Wildman–Crippen MR) is 169 cm³/mol. The number of rotatable bonds is 2. The molecule has 0 bridgehead atoms. The molecule has 8 aromatic rings. The molecule has 4 heteroatoms. The summed E-state index contributed by atoms with van der Waals surface area (Å²) in [5.74, 6) is 0. The van der Waals surface area contributed by atoms with Crippen LogP contribution in [-0.2, 0) is 0 Å². The summed E-state index contributed by atoms with van der Waals surface area (Å²) >= 11 is 0. The van der Waals surface area contributed by atoms with E-state index in [1.807, 2.05) is 60.7 Å². The molecule has 0 atom stereocenters. The lowest BCUT2D eigenvalue weighted by atomic mass is 10.2. The minimum absolute atomic E-state index is 0.872. The second-order valence-corrected chi connectivity index (χ2v) is 9.30. The van der Waals surface area contributed by atoms with Crippen molar-refractivity contribution in [2.24, 2.45) is 10.2 Å². The second-order valence-electron chi connectivity index (χ2n) is 9.30. The zero-order chi connectivity index (χ0) is 27.0. The van der Waals surface area contributed by atoms with Gasteiger partial charge in [0.15, 0.2) is 0 Å². The van der Waals surface area contributed by atoms with Crippen molar-refractivity contribution >= 4 is 55.0 Å². The van der Waals surface area contributed by atoms with Gasteiger partial charge in [-0.3, -0.25) is 0 Å². The van der Waals surface area contributed by atoms with Gasteiger partial charge >= 0.3 is 0 Å². The molecular formula is C36H28N4. The topological polar surface area (TPSA) is 56.3 Å². The van der Waals surface area contributed by atoms with Gasteiger partial charge in [-0.1, -0.05) is 109 Å². The summed E-state index contributed by atoms with van der Waals surface area (Å²) in [6.07, 6.45) is 0. The molecule has 0 spiro atoms. The van der Waals surface area contributed by atoms with Crippen LogP contribution in [0.15, 0.2) is 168 Å². The van der Waals surface area contributed by atoms with E-state index in [2.05, 4.69) is 117 Å². The van der Waals surface area contributed by atoms with Gasteiger partial charge < -0.3 is 9.97 Å². The number of para-hydroxylation sites is 4. The lowest BCUT2D eigenvalue weighted by molar-refractivity contribution is 1.23. The molecule has 0 aliphatic carbocycles. The molecule has 0 saturated carbocycles. The number of aromatic nitrogens is 2. The zero-order valence-electron chi connectivity index (χ0n) is 21.9. The van der Waals surface area contributed by atoms with Crippen LogP contribution in [0.4, 0.5) is 11.4 Å². The van der Waals surface area contributed by atoms with Crippen LogP contribution in [0, 0.1) is 0 Å². The van der Waals surface area contributed by atoms with Crippen molar-refractivity contribution in [3.8, 4) is 0 Å². The van der Waals surface area contributed by atoms with Gasteiger partial charge in [0, 0.05) is 43.6 Å². The standard InChI is InChI=1S/C12H10N2.2C12H9N/c1-3-7-11(8-4-1)13-14-12-9-5-2-6-10-12;2*1-3-7-11-9(5-1)10-6-2-4-8-12(10)13-11/h1-10H;2*1-8,13H. The van der Waals surface area contributed by atoms with Crippen molar-refractivity contribution in [2.45, 2.75) is 0 Å². The van der Waals surface area contributed by atoms with E-state index in [9.17, 15) is 0 Å². The van der Waals surface area contributed by atoms with Crippen LogP contribution in [0.1, 0.15) is 0 Å². The maximum absolute atomic E-state index is 4.10. The molecule has 8 rings (SSSR count). The fourth-order valence-corrected chi connectivity index (χ4v) is 4.70. The molecule has 0 fully saturated rings. The molecule has 0 saturated heterocycles. The first-order chi connectivity index (χ1) is 19.8. The van der Waals surface area contributed by atoms with E-state index < -0.39 is 0 Å². The Balaban J connectivity index is 0.000000109. The lowest BCUT2D eigenvalue weighted by Gasteiger charge is -1.91. The van der Waals surface area contributed by atoms with Crippen LogP contribution in [0.25, 0.3) is 43.6 Å². The van der Waals surface area contributed by atoms with Crippen LogP contribution < -0.4 is 0 Å². The SMILES string of the molecule is c1ccc(N=Nc2ccccc2)cc1.c1ccc2c(c1)[nH]c1ccccc12.c1ccc2c(c1)[nH]c1ccccc12. The van der Waals surface area contributed by atoms with Crippen LogP contribution >= 0.6 is 0 Å². The van der Waals surface area contributed by atoms with Gasteiger partial charge in [0.2, 0.25) is 0 Å². The van der Waals surface area contributed by atoms with Crippen molar-refractivity contribution in [3.05, 3.63) is 158 Å². The molecule has 6 aromatic carbocycles. The molecule has 0 amide bonds. The van der Waals surface area contributed by atoms with Gasteiger partial charge in [-0.25, -0.2) is 0 Å². The summed E-state index contributed by atoms with van der Waals surface area (Å²) in [7, 11) is 0. The molecular weight excluding hydrogens is 488 g/mol. The Labute approximate surface area is 232 Å².